The fourth-order valence-corrected chi connectivity index (χ4v) is 4.17. The van der Waals surface area contributed by atoms with Crippen molar-refractivity contribution in [3.63, 3.8) is 0 Å². The highest BCUT2D eigenvalue weighted by Crippen LogP contribution is 2.27. The Morgan fingerprint density at radius 3 is 2.39 bits per heavy atom. The second-order valence-electron chi connectivity index (χ2n) is 8.43. The van der Waals surface area contributed by atoms with E-state index in [1.807, 2.05) is 30.3 Å². The average molecular weight is 450 g/mol. The number of hydrogen-bond donors (Lipinski definition) is 2. The van der Waals surface area contributed by atoms with Gasteiger partial charge in [-0.2, -0.15) is 0 Å². The van der Waals surface area contributed by atoms with E-state index in [-0.39, 0.29) is 17.0 Å². The van der Waals surface area contributed by atoms with Gasteiger partial charge in [0.1, 0.15) is 17.3 Å². The molecule has 1 aromatic heterocycles. The number of hydrogen-bond acceptors (Lipinski definition) is 4. The third kappa shape index (κ3) is 5.87. The molecule has 1 aliphatic rings. The number of benzene rings is 2. The van der Waals surface area contributed by atoms with Gasteiger partial charge in [0.25, 0.3) is 5.91 Å². The van der Waals surface area contributed by atoms with E-state index in [1.54, 1.807) is 11.1 Å². The minimum absolute atomic E-state index is 0.0198. The van der Waals surface area contributed by atoms with Crippen molar-refractivity contribution in [1.29, 1.82) is 0 Å². The number of piperidine rings is 1. The molecule has 2 aromatic carbocycles. The lowest BCUT2D eigenvalue weighted by Crippen LogP contribution is -2.39. The summed E-state index contributed by atoms with van der Waals surface area (Å²) in [6.07, 6.45) is 5.04. The van der Waals surface area contributed by atoms with Crippen LogP contribution in [0, 0.1) is 11.7 Å². The Kier molecular flexibility index (Phi) is 7.19. The monoisotopic (exact) mass is 449 g/mol. The molecule has 0 bridgehead atoms. The molecule has 7 heteroatoms. The number of amides is 1. The number of aromatic nitrogens is 1. The molecule has 0 atom stereocenters. The van der Waals surface area contributed by atoms with E-state index in [0.29, 0.717) is 37.1 Å². The van der Waals surface area contributed by atoms with Gasteiger partial charge in [0.15, 0.2) is 0 Å². The van der Waals surface area contributed by atoms with Crippen molar-refractivity contribution < 1.29 is 13.9 Å². The number of carbonyl (C=O) groups is 1. The fraction of sp³-hybridized carbons (Fsp3) is 0.308. The minimum atomic E-state index is -0.555. The van der Waals surface area contributed by atoms with Gasteiger partial charge in [-0.1, -0.05) is 18.2 Å². The van der Waals surface area contributed by atoms with E-state index in [0.717, 1.165) is 36.8 Å². The van der Waals surface area contributed by atoms with Crippen molar-refractivity contribution in [2.45, 2.75) is 25.7 Å². The van der Waals surface area contributed by atoms with Gasteiger partial charge in [0, 0.05) is 25.4 Å². The Balaban J connectivity index is 1.37. The molecule has 1 saturated heterocycles. The molecule has 3 aromatic rings. The Morgan fingerprint density at radius 1 is 1.03 bits per heavy atom. The number of rotatable bonds is 7. The van der Waals surface area contributed by atoms with Crippen LogP contribution in [0.2, 0.25) is 0 Å². The fourth-order valence-electron chi connectivity index (χ4n) is 4.17. The van der Waals surface area contributed by atoms with E-state index in [9.17, 15) is 14.0 Å². The SMILES string of the molecule is NCCc1ccc(Oc2ccc(F)c(C(=O)N3CCC(Cc4ccc(=O)[nH]c4)CC3)c2)cc1. The normalized spacial score (nSPS) is 14.3. The van der Waals surface area contributed by atoms with Crippen LogP contribution in [-0.4, -0.2) is 35.4 Å². The zero-order chi connectivity index (χ0) is 23.2. The second-order valence-corrected chi connectivity index (χ2v) is 8.43. The average Bonchev–Trinajstić information content (AvgIpc) is 2.83. The molecule has 172 valence electrons. The van der Waals surface area contributed by atoms with E-state index in [2.05, 4.69) is 4.98 Å². The van der Waals surface area contributed by atoms with Crippen LogP contribution < -0.4 is 16.0 Å². The molecule has 0 unspecified atom stereocenters. The van der Waals surface area contributed by atoms with Gasteiger partial charge in [0.05, 0.1) is 5.56 Å². The Hall–Kier alpha value is -3.45. The lowest BCUT2D eigenvalue weighted by Gasteiger charge is -2.32. The molecule has 33 heavy (non-hydrogen) atoms. The summed E-state index contributed by atoms with van der Waals surface area (Å²) in [6.45, 7) is 1.72. The Labute approximate surface area is 192 Å². The lowest BCUT2D eigenvalue weighted by atomic mass is 9.90. The van der Waals surface area contributed by atoms with Crippen molar-refractivity contribution in [2.75, 3.05) is 19.6 Å². The highest BCUT2D eigenvalue weighted by atomic mass is 19.1. The van der Waals surface area contributed by atoms with Crippen molar-refractivity contribution in [3.05, 3.63) is 93.7 Å². The summed E-state index contributed by atoms with van der Waals surface area (Å²) in [4.78, 5) is 28.6. The van der Waals surface area contributed by atoms with Gasteiger partial charge < -0.3 is 20.4 Å². The van der Waals surface area contributed by atoms with Crippen molar-refractivity contribution in [1.82, 2.24) is 9.88 Å². The van der Waals surface area contributed by atoms with Crippen LogP contribution in [-0.2, 0) is 12.8 Å². The zero-order valence-electron chi connectivity index (χ0n) is 18.4. The van der Waals surface area contributed by atoms with Crippen molar-refractivity contribution >= 4 is 5.91 Å². The van der Waals surface area contributed by atoms with Gasteiger partial charge in [-0.25, -0.2) is 4.39 Å². The first-order valence-corrected chi connectivity index (χ1v) is 11.2. The van der Waals surface area contributed by atoms with E-state index in [4.69, 9.17) is 10.5 Å². The van der Waals surface area contributed by atoms with E-state index in [1.165, 1.54) is 24.3 Å². The van der Waals surface area contributed by atoms with Crippen LogP contribution in [0.1, 0.15) is 34.3 Å². The van der Waals surface area contributed by atoms with Crippen LogP contribution in [0.3, 0.4) is 0 Å². The number of nitrogens with two attached hydrogens (primary N) is 1. The summed E-state index contributed by atoms with van der Waals surface area (Å²) in [7, 11) is 0. The molecule has 1 aliphatic heterocycles. The molecule has 0 radical (unpaired) electrons. The van der Waals surface area contributed by atoms with Crippen LogP contribution in [0.4, 0.5) is 4.39 Å². The topological polar surface area (TPSA) is 88.4 Å². The number of H-pyrrole nitrogens is 1. The predicted molar refractivity (Wildman–Crippen MR) is 125 cm³/mol. The number of carbonyl (C=O) groups excluding carboxylic acids is 1. The number of halogens is 1. The first-order valence-electron chi connectivity index (χ1n) is 11.2. The number of ether oxygens (including phenoxy) is 1. The standard InChI is InChI=1S/C26H28FN3O3/c27-24-7-6-22(33-21-4-1-18(2-5-21)9-12-28)16-23(24)26(32)30-13-10-19(11-14-30)15-20-3-8-25(31)29-17-20/h1-8,16-17,19H,9-15,28H2,(H,29,31). The van der Waals surface area contributed by atoms with Crippen LogP contribution in [0.25, 0.3) is 0 Å². The highest BCUT2D eigenvalue weighted by molar-refractivity contribution is 5.95. The van der Waals surface area contributed by atoms with Crippen molar-refractivity contribution in [2.24, 2.45) is 11.7 Å². The molecule has 0 spiro atoms. The van der Waals surface area contributed by atoms with Gasteiger partial charge >= 0.3 is 0 Å². The number of nitrogens with zero attached hydrogens (tertiary/aromatic N) is 1. The number of likely N-dealkylation sites (tertiary alicyclic amines) is 1. The summed E-state index contributed by atoms with van der Waals surface area (Å²) >= 11 is 0. The molecule has 1 amide bonds. The third-order valence-corrected chi connectivity index (χ3v) is 6.04. The molecular weight excluding hydrogens is 421 g/mol. The first kappa shape index (κ1) is 22.7. The van der Waals surface area contributed by atoms with Gasteiger partial charge in [-0.05, 0) is 79.6 Å². The number of pyridine rings is 1. The zero-order valence-corrected chi connectivity index (χ0v) is 18.4. The van der Waals surface area contributed by atoms with Gasteiger partial charge in [-0.3, -0.25) is 9.59 Å². The molecule has 2 heterocycles. The summed E-state index contributed by atoms with van der Waals surface area (Å²) in [6, 6.07) is 15.2. The van der Waals surface area contributed by atoms with E-state index < -0.39 is 5.82 Å². The summed E-state index contributed by atoms with van der Waals surface area (Å²) < 4.78 is 20.3. The van der Waals surface area contributed by atoms with Crippen LogP contribution in [0.15, 0.2) is 65.6 Å². The maximum atomic E-state index is 14.5. The molecule has 4 rings (SSSR count). The minimum Gasteiger partial charge on any atom is -0.457 e. The largest absolute Gasteiger partial charge is 0.457 e. The van der Waals surface area contributed by atoms with Crippen LogP contribution >= 0.6 is 0 Å². The molecule has 3 N–H and O–H groups in total. The van der Waals surface area contributed by atoms with Gasteiger partial charge in [0.2, 0.25) is 5.56 Å². The molecular formula is C26H28FN3O3. The number of aromatic amines is 1. The third-order valence-electron chi connectivity index (χ3n) is 6.04. The Bertz CT molecular complexity index is 1130. The quantitative estimate of drug-likeness (QED) is 0.573. The smallest absolute Gasteiger partial charge is 0.256 e. The van der Waals surface area contributed by atoms with Crippen LogP contribution in [0.5, 0.6) is 11.5 Å². The molecule has 6 nitrogen and oxygen atoms in total. The number of nitrogens with one attached hydrogen (secondary N) is 1. The van der Waals surface area contributed by atoms with Crippen molar-refractivity contribution in [3.8, 4) is 11.5 Å². The van der Waals surface area contributed by atoms with E-state index >= 15 is 0 Å². The summed E-state index contributed by atoms with van der Waals surface area (Å²) in [5.41, 5.74) is 7.67. The predicted octanol–water partition coefficient (Wildman–Crippen LogP) is 3.90. The summed E-state index contributed by atoms with van der Waals surface area (Å²) in [5, 5.41) is 0. The Morgan fingerprint density at radius 2 is 1.73 bits per heavy atom. The molecule has 0 saturated carbocycles. The lowest BCUT2D eigenvalue weighted by molar-refractivity contribution is 0.0685. The second kappa shape index (κ2) is 10.4. The first-order chi connectivity index (χ1) is 16.0. The summed E-state index contributed by atoms with van der Waals surface area (Å²) in [5.74, 6) is 0.574. The van der Waals surface area contributed by atoms with Gasteiger partial charge in [-0.15, -0.1) is 0 Å². The highest BCUT2D eigenvalue weighted by Gasteiger charge is 2.26. The molecule has 1 fully saturated rings. The maximum absolute atomic E-state index is 14.5. The molecule has 0 aliphatic carbocycles. The maximum Gasteiger partial charge on any atom is 0.256 e.